The Kier molecular flexibility index (Phi) is 4.62. The summed E-state index contributed by atoms with van der Waals surface area (Å²) in [5, 5.41) is 14.2. The van der Waals surface area contributed by atoms with Crippen molar-refractivity contribution in [1.82, 2.24) is 29.8 Å². The fraction of sp³-hybridized carbons (Fsp3) is 0.385. The average Bonchev–Trinajstić information content (AvgIpc) is 3.17. The lowest BCUT2D eigenvalue weighted by Gasteiger charge is -2.04. The number of nitrogens with zero attached hydrogens (tertiary/aromatic N) is 5. The third kappa shape index (κ3) is 3.31. The number of aromatic amines is 1. The second-order valence-corrected chi connectivity index (χ2v) is 6.05. The SMILES string of the molecule is COCc1nnc(NC(=O)CCc2c(C)nc3nc[nH]n3c2=O)s1. The Bertz CT molecular complexity index is 929. The standard InChI is InChI=1S/C13H15N7O3S/c1-7-8(11(22)20-12(16-7)14-6-15-20)3-4-9(21)17-13-19-18-10(24-13)5-23-2/h6H,3-5H2,1-2H3,(H,14,15,16)(H,17,19,21). The molecule has 0 saturated carbocycles. The number of H-pyrrole nitrogens is 1. The molecule has 11 heteroatoms. The van der Waals surface area contributed by atoms with Gasteiger partial charge >= 0.3 is 0 Å². The molecule has 0 spiro atoms. The molecule has 0 saturated heterocycles. The van der Waals surface area contributed by atoms with Crippen LogP contribution in [0.2, 0.25) is 0 Å². The van der Waals surface area contributed by atoms with Crippen molar-refractivity contribution in [2.75, 3.05) is 12.4 Å². The number of carbonyl (C=O) groups is 1. The number of carbonyl (C=O) groups excluding carboxylic acids is 1. The van der Waals surface area contributed by atoms with Crippen molar-refractivity contribution in [1.29, 1.82) is 0 Å². The van der Waals surface area contributed by atoms with Crippen molar-refractivity contribution in [3.05, 3.63) is 32.9 Å². The molecule has 0 aromatic carbocycles. The molecule has 0 aliphatic carbocycles. The summed E-state index contributed by atoms with van der Waals surface area (Å²) in [4.78, 5) is 32.6. The van der Waals surface area contributed by atoms with Crippen molar-refractivity contribution in [3.63, 3.8) is 0 Å². The van der Waals surface area contributed by atoms with Gasteiger partial charge in [-0.25, -0.2) is 9.97 Å². The van der Waals surface area contributed by atoms with Crippen molar-refractivity contribution < 1.29 is 9.53 Å². The van der Waals surface area contributed by atoms with Gasteiger partial charge in [0.15, 0.2) is 0 Å². The number of fused-ring (bicyclic) bond motifs is 1. The molecular formula is C13H15N7O3S. The van der Waals surface area contributed by atoms with E-state index < -0.39 is 0 Å². The molecule has 0 bridgehead atoms. The highest BCUT2D eigenvalue weighted by Crippen LogP contribution is 2.16. The van der Waals surface area contributed by atoms with Gasteiger partial charge in [0.25, 0.3) is 11.3 Å². The first kappa shape index (κ1) is 16.2. The van der Waals surface area contributed by atoms with Gasteiger partial charge in [0, 0.05) is 19.1 Å². The number of rotatable bonds is 6. The zero-order chi connectivity index (χ0) is 17.1. The van der Waals surface area contributed by atoms with E-state index in [1.165, 1.54) is 22.2 Å². The van der Waals surface area contributed by atoms with E-state index in [2.05, 4.69) is 30.6 Å². The maximum absolute atomic E-state index is 12.3. The molecule has 0 fully saturated rings. The number of hydrogen-bond acceptors (Lipinski definition) is 8. The quantitative estimate of drug-likeness (QED) is 0.655. The summed E-state index contributed by atoms with van der Waals surface area (Å²) in [6.45, 7) is 2.07. The van der Waals surface area contributed by atoms with E-state index in [0.29, 0.717) is 33.8 Å². The fourth-order valence-electron chi connectivity index (χ4n) is 2.19. The number of aromatic nitrogens is 6. The maximum atomic E-state index is 12.3. The number of aryl methyl sites for hydroxylation is 1. The highest BCUT2D eigenvalue weighted by atomic mass is 32.1. The van der Waals surface area contributed by atoms with Gasteiger partial charge in [0.1, 0.15) is 17.9 Å². The third-order valence-electron chi connectivity index (χ3n) is 3.32. The van der Waals surface area contributed by atoms with E-state index in [9.17, 15) is 9.59 Å². The van der Waals surface area contributed by atoms with E-state index in [0.717, 1.165) is 0 Å². The van der Waals surface area contributed by atoms with Gasteiger partial charge in [-0.3, -0.25) is 14.7 Å². The van der Waals surface area contributed by atoms with Crippen LogP contribution in [0.15, 0.2) is 11.1 Å². The first-order valence-corrected chi connectivity index (χ1v) is 7.93. The first-order valence-electron chi connectivity index (χ1n) is 7.11. The number of nitrogens with one attached hydrogen (secondary N) is 2. The van der Waals surface area contributed by atoms with Gasteiger partial charge in [-0.15, -0.1) is 10.2 Å². The number of hydrogen-bond donors (Lipinski definition) is 2. The Hall–Kier alpha value is -2.66. The van der Waals surface area contributed by atoms with E-state index >= 15 is 0 Å². The average molecular weight is 349 g/mol. The van der Waals surface area contributed by atoms with Crippen LogP contribution in [0.1, 0.15) is 22.7 Å². The Balaban J connectivity index is 1.66. The van der Waals surface area contributed by atoms with Crippen LogP contribution in [0.25, 0.3) is 5.78 Å². The predicted molar refractivity (Wildman–Crippen MR) is 85.9 cm³/mol. The van der Waals surface area contributed by atoms with Crippen LogP contribution in [-0.2, 0) is 22.6 Å². The van der Waals surface area contributed by atoms with Gasteiger partial charge in [-0.05, 0) is 13.3 Å². The minimum atomic E-state index is -0.249. The number of methoxy groups -OCH3 is 1. The summed E-state index contributed by atoms with van der Waals surface area (Å²) in [6.07, 6.45) is 1.80. The van der Waals surface area contributed by atoms with Crippen LogP contribution < -0.4 is 10.9 Å². The molecule has 3 heterocycles. The van der Waals surface area contributed by atoms with Crippen LogP contribution in [-0.4, -0.2) is 42.8 Å². The lowest BCUT2D eigenvalue weighted by Crippen LogP contribution is -2.23. The summed E-state index contributed by atoms with van der Waals surface area (Å²) in [5.74, 6) is 0.0638. The molecule has 0 aliphatic heterocycles. The van der Waals surface area contributed by atoms with Crippen molar-refractivity contribution in [2.24, 2.45) is 0 Å². The maximum Gasteiger partial charge on any atom is 0.277 e. The fourth-order valence-corrected chi connectivity index (χ4v) is 2.92. The van der Waals surface area contributed by atoms with Crippen molar-refractivity contribution in [2.45, 2.75) is 26.4 Å². The Labute approximate surface area is 139 Å². The highest BCUT2D eigenvalue weighted by Gasteiger charge is 2.14. The van der Waals surface area contributed by atoms with Crippen LogP contribution in [0.4, 0.5) is 5.13 Å². The summed E-state index contributed by atoms with van der Waals surface area (Å²) < 4.78 is 6.20. The molecular weight excluding hydrogens is 334 g/mol. The number of anilines is 1. The zero-order valence-corrected chi connectivity index (χ0v) is 13.9. The molecule has 24 heavy (non-hydrogen) atoms. The van der Waals surface area contributed by atoms with Crippen LogP contribution in [0.3, 0.4) is 0 Å². The van der Waals surface area contributed by atoms with Gasteiger partial charge < -0.3 is 10.1 Å². The van der Waals surface area contributed by atoms with Crippen LogP contribution in [0, 0.1) is 6.92 Å². The highest BCUT2D eigenvalue weighted by molar-refractivity contribution is 7.15. The van der Waals surface area contributed by atoms with E-state index in [1.54, 1.807) is 14.0 Å². The summed E-state index contributed by atoms with van der Waals surface area (Å²) in [6, 6.07) is 0. The molecule has 0 radical (unpaired) electrons. The second kappa shape index (κ2) is 6.84. The molecule has 3 aromatic rings. The molecule has 126 valence electrons. The number of ether oxygens (including phenoxy) is 1. The Morgan fingerprint density at radius 1 is 1.46 bits per heavy atom. The summed E-state index contributed by atoms with van der Waals surface area (Å²) in [7, 11) is 1.56. The van der Waals surface area contributed by atoms with Crippen molar-refractivity contribution in [3.8, 4) is 0 Å². The monoisotopic (exact) mass is 349 g/mol. The summed E-state index contributed by atoms with van der Waals surface area (Å²) in [5.41, 5.74) is 0.795. The lowest BCUT2D eigenvalue weighted by molar-refractivity contribution is -0.116. The minimum Gasteiger partial charge on any atom is -0.377 e. The smallest absolute Gasteiger partial charge is 0.277 e. The molecule has 2 N–H and O–H groups in total. The first-order chi connectivity index (χ1) is 11.6. The van der Waals surface area contributed by atoms with Crippen LogP contribution in [0.5, 0.6) is 0 Å². The molecule has 0 unspecified atom stereocenters. The van der Waals surface area contributed by atoms with Gasteiger partial charge in [-0.1, -0.05) is 11.3 Å². The molecule has 3 rings (SSSR count). The van der Waals surface area contributed by atoms with E-state index in [4.69, 9.17) is 4.74 Å². The molecule has 0 atom stereocenters. The topological polar surface area (TPSA) is 127 Å². The zero-order valence-electron chi connectivity index (χ0n) is 13.1. The molecule has 3 aromatic heterocycles. The third-order valence-corrected chi connectivity index (χ3v) is 4.13. The van der Waals surface area contributed by atoms with Crippen molar-refractivity contribution >= 4 is 28.2 Å². The van der Waals surface area contributed by atoms with Gasteiger partial charge in [0.05, 0.1) is 5.69 Å². The Morgan fingerprint density at radius 3 is 3.08 bits per heavy atom. The normalized spacial score (nSPS) is 11.1. The van der Waals surface area contributed by atoms with Gasteiger partial charge in [0.2, 0.25) is 11.0 Å². The molecule has 10 nitrogen and oxygen atoms in total. The Morgan fingerprint density at radius 2 is 2.29 bits per heavy atom. The summed E-state index contributed by atoms with van der Waals surface area (Å²) >= 11 is 1.25. The largest absolute Gasteiger partial charge is 0.377 e. The second-order valence-electron chi connectivity index (χ2n) is 4.99. The number of amides is 1. The van der Waals surface area contributed by atoms with Crippen LogP contribution >= 0.6 is 11.3 Å². The van der Waals surface area contributed by atoms with E-state index in [-0.39, 0.29) is 24.3 Å². The molecule has 0 aliphatic rings. The van der Waals surface area contributed by atoms with E-state index in [1.807, 2.05) is 0 Å². The minimum absolute atomic E-state index is 0.136. The van der Waals surface area contributed by atoms with Gasteiger partial charge in [-0.2, -0.15) is 4.52 Å². The lowest BCUT2D eigenvalue weighted by atomic mass is 10.1. The molecule has 1 amide bonds. The predicted octanol–water partition coefficient (Wildman–Crippen LogP) is 0.295.